The Kier molecular flexibility index (Phi) is 17.5. The number of nitrogens with zero attached hydrogens (tertiary/aromatic N) is 1. The van der Waals surface area contributed by atoms with E-state index >= 15 is 0 Å². The van der Waals surface area contributed by atoms with Crippen LogP contribution in [0.15, 0.2) is 48.5 Å². The van der Waals surface area contributed by atoms with Crippen LogP contribution in [0.3, 0.4) is 0 Å². The number of anilines is 2. The molecule has 6 rings (SSSR count). The number of Topliss-reactive ketones (excluding diaryl/α,β-unsaturated/α-hetero) is 2. The largest absolute Gasteiger partial charge is 0.379 e. The average Bonchev–Trinajstić information content (AvgIpc) is 3.30. The van der Waals surface area contributed by atoms with E-state index in [1.54, 1.807) is 0 Å². The van der Waals surface area contributed by atoms with E-state index in [1.165, 1.54) is 19.4 Å². The summed E-state index contributed by atoms with van der Waals surface area (Å²) >= 11 is 7.14. The van der Waals surface area contributed by atoms with Crippen LogP contribution in [0, 0.1) is 11.8 Å². The van der Waals surface area contributed by atoms with Gasteiger partial charge in [-0.1, -0.05) is 74.8 Å². The number of hydrogen-bond acceptors (Lipinski definition) is 7. The minimum atomic E-state index is 0.122. The lowest BCUT2D eigenvalue weighted by Crippen LogP contribution is -2.49. The third kappa shape index (κ3) is 12.8. The van der Waals surface area contributed by atoms with Gasteiger partial charge in [0.2, 0.25) is 0 Å². The van der Waals surface area contributed by atoms with Crippen LogP contribution in [0.5, 0.6) is 0 Å². The lowest BCUT2D eigenvalue weighted by molar-refractivity contribution is 0.0960. The number of halogens is 1. The Morgan fingerprint density at radius 1 is 0.729 bits per heavy atom. The van der Waals surface area contributed by atoms with Crippen LogP contribution >= 0.6 is 28.6 Å². The van der Waals surface area contributed by atoms with Crippen molar-refractivity contribution in [1.29, 1.82) is 0 Å². The minimum absolute atomic E-state index is 0.122. The highest BCUT2D eigenvalue weighted by atomic mass is 79.9. The Morgan fingerprint density at radius 2 is 1.17 bits per heavy atom. The molecule has 2 aromatic carbocycles. The van der Waals surface area contributed by atoms with Crippen molar-refractivity contribution in [3.8, 4) is 0 Å². The first kappa shape index (κ1) is 40.6. The fourth-order valence-electron chi connectivity index (χ4n) is 6.86. The fraction of sp³-hybridized carbons (Fsp3) is 0.650. The van der Waals surface area contributed by atoms with Crippen LogP contribution < -0.4 is 16.0 Å². The summed E-state index contributed by atoms with van der Waals surface area (Å²) in [6.07, 6.45) is 10.4. The standard InChI is InChI=1S/C19H28N2O.C14H18N2O.C5H11Br.C2H6S/c1-15(2)8-12-21-13-10-19(11-14-21)9-7-18(22)16-5-3-4-6-17(16)20-19;17-13-5-6-14(7-9-15-10-8-14)16-12-4-2-1-3-11(12)13;1-5(2)3-4-6;1-2-3/h3-6,15,20H,7-14H2,1-2H3;1-4,15-16H,5-10H2;5H,3-4H2,1-2H3;3H,2H2,1H3. The van der Waals surface area contributed by atoms with Crippen LogP contribution in [0.4, 0.5) is 11.4 Å². The molecule has 2 saturated heterocycles. The Hall–Kier alpha value is -1.87. The SMILES string of the molecule is CC(C)CCBr.CC(C)CCN1CCC2(CCC(=O)c3ccccc3N2)CC1.CCS.O=C1CCC2(CCNCC2)Nc2ccccc21. The van der Waals surface area contributed by atoms with Gasteiger partial charge in [0.15, 0.2) is 11.6 Å². The van der Waals surface area contributed by atoms with E-state index in [4.69, 9.17) is 0 Å². The number of fused-ring (bicyclic) bond motifs is 2. The molecule has 0 aromatic heterocycles. The predicted octanol–water partition coefficient (Wildman–Crippen LogP) is 9.52. The van der Waals surface area contributed by atoms with Gasteiger partial charge in [-0.2, -0.15) is 12.6 Å². The van der Waals surface area contributed by atoms with Crippen molar-refractivity contribution >= 4 is 51.5 Å². The molecule has 8 heteroatoms. The number of carbonyl (C=O) groups is 2. The molecule has 4 aliphatic rings. The summed E-state index contributed by atoms with van der Waals surface area (Å²) in [5.74, 6) is 3.14. The zero-order valence-electron chi connectivity index (χ0n) is 30.4. The quantitative estimate of drug-likeness (QED) is 0.181. The van der Waals surface area contributed by atoms with E-state index in [-0.39, 0.29) is 16.9 Å². The first-order valence-corrected chi connectivity index (χ1v) is 20.2. The summed E-state index contributed by atoms with van der Waals surface area (Å²) in [5, 5.41) is 11.9. The molecular formula is C40H63BrN4O2S. The molecule has 4 heterocycles. The number of nitrogens with one attached hydrogen (secondary N) is 3. The first-order chi connectivity index (χ1) is 23.1. The minimum Gasteiger partial charge on any atom is -0.379 e. The van der Waals surface area contributed by atoms with Gasteiger partial charge in [0.05, 0.1) is 0 Å². The topological polar surface area (TPSA) is 73.5 Å². The number of ketones is 2. The van der Waals surface area contributed by atoms with Gasteiger partial charge in [-0.05, 0) is 113 Å². The summed E-state index contributed by atoms with van der Waals surface area (Å²) in [4.78, 5) is 27.0. The number of alkyl halides is 1. The highest BCUT2D eigenvalue weighted by Gasteiger charge is 2.38. The van der Waals surface area contributed by atoms with Crippen LogP contribution in [-0.4, -0.2) is 71.4 Å². The average molecular weight is 744 g/mol. The summed E-state index contributed by atoms with van der Waals surface area (Å²) in [6.45, 7) is 16.6. The second kappa shape index (κ2) is 20.7. The second-order valence-electron chi connectivity index (χ2n) is 14.7. The highest BCUT2D eigenvalue weighted by molar-refractivity contribution is 9.09. The van der Waals surface area contributed by atoms with Crippen LogP contribution in [0.25, 0.3) is 0 Å². The first-order valence-electron chi connectivity index (χ1n) is 18.5. The van der Waals surface area contributed by atoms with Crippen LogP contribution in [0.2, 0.25) is 0 Å². The molecule has 4 aliphatic heterocycles. The maximum absolute atomic E-state index is 12.3. The lowest BCUT2D eigenvalue weighted by atomic mass is 9.83. The Balaban J connectivity index is 0.000000212. The molecule has 6 nitrogen and oxygen atoms in total. The third-order valence-corrected chi connectivity index (χ3v) is 10.5. The summed E-state index contributed by atoms with van der Waals surface area (Å²) in [7, 11) is 0. The Morgan fingerprint density at radius 3 is 1.58 bits per heavy atom. The fourth-order valence-corrected chi connectivity index (χ4v) is 7.78. The number of hydrogen-bond donors (Lipinski definition) is 4. The number of piperidine rings is 2. The molecule has 268 valence electrons. The maximum atomic E-state index is 12.3. The van der Waals surface area contributed by atoms with Gasteiger partial charge in [0, 0.05) is 64.8 Å². The predicted molar refractivity (Wildman–Crippen MR) is 213 cm³/mol. The van der Waals surface area contributed by atoms with Gasteiger partial charge >= 0.3 is 0 Å². The monoisotopic (exact) mass is 742 g/mol. The molecule has 2 spiro atoms. The summed E-state index contributed by atoms with van der Waals surface area (Å²) < 4.78 is 0. The normalized spacial score (nSPS) is 19.5. The zero-order chi connectivity index (χ0) is 35.0. The van der Waals surface area contributed by atoms with Crippen LogP contribution in [0.1, 0.15) is 120 Å². The molecule has 0 unspecified atom stereocenters. The van der Waals surface area contributed by atoms with Gasteiger partial charge < -0.3 is 20.9 Å². The van der Waals surface area contributed by atoms with E-state index in [9.17, 15) is 9.59 Å². The van der Waals surface area contributed by atoms with E-state index < -0.39 is 0 Å². The van der Waals surface area contributed by atoms with Gasteiger partial charge in [-0.3, -0.25) is 9.59 Å². The molecule has 0 bridgehead atoms. The van der Waals surface area contributed by atoms with E-state index in [2.05, 4.69) is 83.2 Å². The van der Waals surface area contributed by atoms with Gasteiger partial charge in [-0.25, -0.2) is 0 Å². The van der Waals surface area contributed by atoms with E-state index in [0.29, 0.717) is 18.6 Å². The molecular weight excluding hydrogens is 680 g/mol. The molecule has 0 amide bonds. The van der Waals surface area contributed by atoms with Crippen molar-refractivity contribution in [2.24, 2.45) is 11.8 Å². The Bertz CT molecular complexity index is 1260. The molecule has 2 aromatic rings. The van der Waals surface area contributed by atoms with Crippen molar-refractivity contribution in [2.75, 3.05) is 54.4 Å². The summed E-state index contributed by atoms with van der Waals surface area (Å²) in [6, 6.07) is 15.9. The molecule has 0 saturated carbocycles. The number of carbonyl (C=O) groups excluding carboxylic acids is 2. The molecule has 3 N–H and O–H groups in total. The number of likely N-dealkylation sites (tertiary alicyclic amines) is 1. The van der Waals surface area contributed by atoms with Crippen molar-refractivity contribution in [3.63, 3.8) is 0 Å². The number of para-hydroxylation sites is 2. The second-order valence-corrected chi connectivity index (χ2v) is 16.1. The zero-order valence-corrected chi connectivity index (χ0v) is 32.9. The van der Waals surface area contributed by atoms with Gasteiger partial charge in [-0.15, -0.1) is 0 Å². The molecule has 48 heavy (non-hydrogen) atoms. The molecule has 0 atom stereocenters. The molecule has 0 aliphatic carbocycles. The lowest BCUT2D eigenvalue weighted by Gasteiger charge is -2.42. The van der Waals surface area contributed by atoms with Gasteiger partial charge in [0.1, 0.15) is 0 Å². The summed E-state index contributed by atoms with van der Waals surface area (Å²) in [5.41, 5.74) is 4.06. The van der Waals surface area contributed by atoms with Crippen molar-refractivity contribution < 1.29 is 9.59 Å². The molecule has 2 fully saturated rings. The van der Waals surface area contributed by atoms with Crippen molar-refractivity contribution in [1.82, 2.24) is 10.2 Å². The van der Waals surface area contributed by atoms with E-state index in [0.717, 1.165) is 110 Å². The number of rotatable bonds is 5. The highest BCUT2D eigenvalue weighted by Crippen LogP contribution is 2.37. The third-order valence-electron chi connectivity index (χ3n) is 10.00. The van der Waals surface area contributed by atoms with Crippen molar-refractivity contribution in [3.05, 3.63) is 59.7 Å². The van der Waals surface area contributed by atoms with Gasteiger partial charge in [0.25, 0.3) is 0 Å². The van der Waals surface area contributed by atoms with E-state index in [1.807, 2.05) is 49.4 Å². The Labute approximate surface area is 305 Å². The van der Waals surface area contributed by atoms with Crippen LogP contribution in [-0.2, 0) is 0 Å². The maximum Gasteiger partial charge on any atom is 0.165 e. The molecule has 0 radical (unpaired) electrons. The number of thiol groups is 1. The smallest absolute Gasteiger partial charge is 0.165 e. The van der Waals surface area contributed by atoms with Crippen molar-refractivity contribution in [2.45, 2.75) is 110 Å². The number of benzene rings is 2.